The molecule has 0 aromatic rings. The highest BCUT2D eigenvalue weighted by atomic mass is 15.1. The molecule has 0 radical (unpaired) electrons. The Morgan fingerprint density at radius 1 is 1.19 bits per heavy atom. The maximum atomic E-state index is 2.61. The van der Waals surface area contributed by atoms with Gasteiger partial charge >= 0.3 is 0 Å². The van der Waals surface area contributed by atoms with Crippen LogP contribution in [-0.2, 0) is 0 Å². The van der Waals surface area contributed by atoms with Gasteiger partial charge in [-0.1, -0.05) is 27.2 Å². The fourth-order valence-corrected chi connectivity index (χ4v) is 3.43. The summed E-state index contributed by atoms with van der Waals surface area (Å²) in [6, 6.07) is 0. The molecule has 2 aliphatic rings. The maximum Gasteiger partial charge on any atom is -0.00161 e. The molecule has 2 fully saturated rings. The van der Waals surface area contributed by atoms with Crippen molar-refractivity contribution in [3.63, 3.8) is 0 Å². The van der Waals surface area contributed by atoms with E-state index in [0.29, 0.717) is 0 Å². The van der Waals surface area contributed by atoms with Crippen molar-refractivity contribution in [2.24, 2.45) is 23.7 Å². The van der Waals surface area contributed by atoms with E-state index >= 15 is 0 Å². The lowest BCUT2D eigenvalue weighted by Crippen LogP contribution is -2.34. The average Bonchev–Trinajstić information content (AvgIpc) is 3.06. The predicted octanol–water partition coefficient (Wildman–Crippen LogP) is 3.79. The van der Waals surface area contributed by atoms with Gasteiger partial charge in [-0.05, 0) is 69.0 Å². The fraction of sp³-hybridized carbons (Fsp3) is 1.00. The molecule has 0 N–H and O–H groups in total. The van der Waals surface area contributed by atoms with E-state index in [9.17, 15) is 0 Å². The molecule has 0 aromatic heterocycles. The summed E-state index contributed by atoms with van der Waals surface area (Å²) in [5, 5.41) is 0. The third-order valence-electron chi connectivity index (χ3n) is 4.78. The van der Waals surface area contributed by atoms with Crippen LogP contribution >= 0.6 is 0 Å². The SMILES string of the molecule is CCN1CCC([C@H]2C[C@H]2CCC(C)C)CC1. The molecule has 1 heteroatoms. The number of hydrogen-bond acceptors (Lipinski definition) is 1. The highest BCUT2D eigenvalue weighted by molar-refractivity contribution is 4.93. The first-order chi connectivity index (χ1) is 7.70. The molecule has 0 unspecified atom stereocenters. The van der Waals surface area contributed by atoms with Crippen molar-refractivity contribution in [2.45, 2.75) is 52.9 Å². The molecule has 0 bridgehead atoms. The van der Waals surface area contributed by atoms with E-state index in [1.165, 1.54) is 45.3 Å². The molecule has 1 nitrogen and oxygen atoms in total. The Balaban J connectivity index is 1.64. The third-order valence-corrected chi connectivity index (χ3v) is 4.78. The van der Waals surface area contributed by atoms with Crippen molar-refractivity contribution in [3.05, 3.63) is 0 Å². The Kier molecular flexibility index (Phi) is 4.29. The lowest BCUT2D eigenvalue weighted by Gasteiger charge is -2.31. The zero-order chi connectivity index (χ0) is 11.5. The normalized spacial score (nSPS) is 32.2. The van der Waals surface area contributed by atoms with Crippen LogP contribution in [0.3, 0.4) is 0 Å². The zero-order valence-electron chi connectivity index (χ0n) is 11.4. The van der Waals surface area contributed by atoms with Crippen molar-refractivity contribution in [1.82, 2.24) is 4.90 Å². The Morgan fingerprint density at radius 2 is 1.88 bits per heavy atom. The molecule has 0 spiro atoms. The minimum absolute atomic E-state index is 0.906. The van der Waals surface area contributed by atoms with Crippen molar-refractivity contribution < 1.29 is 0 Å². The molecule has 1 saturated heterocycles. The van der Waals surface area contributed by atoms with E-state index in [0.717, 1.165) is 23.7 Å². The van der Waals surface area contributed by atoms with Gasteiger partial charge in [-0.3, -0.25) is 0 Å². The molecule has 1 aliphatic carbocycles. The second-order valence-electron chi connectivity index (χ2n) is 6.40. The van der Waals surface area contributed by atoms with Gasteiger partial charge in [-0.25, -0.2) is 0 Å². The van der Waals surface area contributed by atoms with Gasteiger partial charge in [0.2, 0.25) is 0 Å². The smallest absolute Gasteiger partial charge is 0.00161 e. The fourth-order valence-electron chi connectivity index (χ4n) is 3.43. The van der Waals surface area contributed by atoms with Gasteiger partial charge in [0.1, 0.15) is 0 Å². The van der Waals surface area contributed by atoms with Crippen LogP contribution in [0.5, 0.6) is 0 Å². The second-order valence-corrected chi connectivity index (χ2v) is 6.40. The maximum absolute atomic E-state index is 2.61. The van der Waals surface area contributed by atoms with Crippen LogP contribution in [0, 0.1) is 23.7 Å². The molecule has 1 saturated carbocycles. The number of likely N-dealkylation sites (tertiary alicyclic amines) is 1. The summed E-state index contributed by atoms with van der Waals surface area (Å²) in [7, 11) is 0. The van der Waals surface area contributed by atoms with E-state index in [1.54, 1.807) is 6.42 Å². The average molecular weight is 223 g/mol. The van der Waals surface area contributed by atoms with Crippen LogP contribution < -0.4 is 0 Å². The molecule has 0 aromatic carbocycles. The molecule has 2 rings (SSSR count). The summed E-state index contributed by atoms with van der Waals surface area (Å²) in [5.74, 6) is 4.22. The molecule has 0 amide bonds. The quantitative estimate of drug-likeness (QED) is 0.685. The highest BCUT2D eigenvalue weighted by Gasteiger charge is 2.42. The van der Waals surface area contributed by atoms with E-state index in [4.69, 9.17) is 0 Å². The largest absolute Gasteiger partial charge is 0.304 e. The summed E-state index contributed by atoms with van der Waals surface area (Å²) in [6.45, 7) is 11.0. The van der Waals surface area contributed by atoms with Gasteiger partial charge in [0, 0.05) is 0 Å². The lowest BCUT2D eigenvalue weighted by atomic mass is 9.90. The number of hydrogen-bond donors (Lipinski definition) is 0. The molecular weight excluding hydrogens is 194 g/mol. The first-order valence-corrected chi connectivity index (χ1v) is 7.43. The lowest BCUT2D eigenvalue weighted by molar-refractivity contribution is 0.175. The Morgan fingerprint density at radius 3 is 2.44 bits per heavy atom. The van der Waals surface area contributed by atoms with Crippen molar-refractivity contribution in [3.8, 4) is 0 Å². The van der Waals surface area contributed by atoms with Gasteiger partial charge < -0.3 is 4.90 Å². The van der Waals surface area contributed by atoms with Crippen LogP contribution in [0.2, 0.25) is 0 Å². The number of rotatable bonds is 5. The molecular formula is C15H29N. The summed E-state index contributed by atoms with van der Waals surface area (Å²) >= 11 is 0. The summed E-state index contributed by atoms with van der Waals surface area (Å²) in [6.07, 6.45) is 7.49. The first kappa shape index (κ1) is 12.4. The zero-order valence-corrected chi connectivity index (χ0v) is 11.4. The van der Waals surface area contributed by atoms with Gasteiger partial charge in [-0.15, -0.1) is 0 Å². The van der Waals surface area contributed by atoms with E-state index in [1.807, 2.05) is 0 Å². The summed E-state index contributed by atoms with van der Waals surface area (Å²) in [4.78, 5) is 2.61. The van der Waals surface area contributed by atoms with Gasteiger partial charge in [0.05, 0.1) is 0 Å². The van der Waals surface area contributed by atoms with Crippen molar-refractivity contribution >= 4 is 0 Å². The van der Waals surface area contributed by atoms with Crippen LogP contribution in [0.1, 0.15) is 52.9 Å². The molecule has 1 aliphatic heterocycles. The highest BCUT2D eigenvalue weighted by Crippen LogP contribution is 2.50. The van der Waals surface area contributed by atoms with Crippen molar-refractivity contribution in [2.75, 3.05) is 19.6 Å². The van der Waals surface area contributed by atoms with E-state index in [-0.39, 0.29) is 0 Å². The molecule has 16 heavy (non-hydrogen) atoms. The number of nitrogens with zero attached hydrogens (tertiary/aromatic N) is 1. The van der Waals surface area contributed by atoms with E-state index < -0.39 is 0 Å². The van der Waals surface area contributed by atoms with Gasteiger partial charge in [-0.2, -0.15) is 0 Å². The van der Waals surface area contributed by atoms with Crippen molar-refractivity contribution in [1.29, 1.82) is 0 Å². The monoisotopic (exact) mass is 223 g/mol. The van der Waals surface area contributed by atoms with Crippen LogP contribution in [0.4, 0.5) is 0 Å². The molecule has 1 heterocycles. The van der Waals surface area contributed by atoms with Crippen LogP contribution in [0.15, 0.2) is 0 Å². The Labute approximate surface area is 102 Å². The second kappa shape index (κ2) is 5.53. The predicted molar refractivity (Wildman–Crippen MR) is 70.5 cm³/mol. The Hall–Kier alpha value is -0.0400. The minimum atomic E-state index is 0.906. The number of piperidine rings is 1. The molecule has 94 valence electrons. The summed E-state index contributed by atoms with van der Waals surface area (Å²) < 4.78 is 0. The standard InChI is InChI=1S/C15H29N/c1-4-16-9-7-13(8-10-16)15-11-14(15)6-5-12(2)3/h12-15H,4-11H2,1-3H3/t14-,15-/m1/s1. The van der Waals surface area contributed by atoms with Gasteiger partial charge in [0.15, 0.2) is 0 Å². The van der Waals surface area contributed by atoms with Crippen LogP contribution in [0.25, 0.3) is 0 Å². The molecule has 2 atom stereocenters. The minimum Gasteiger partial charge on any atom is -0.304 e. The first-order valence-electron chi connectivity index (χ1n) is 7.43. The topological polar surface area (TPSA) is 3.24 Å². The third kappa shape index (κ3) is 3.23. The Bertz CT molecular complexity index is 203. The van der Waals surface area contributed by atoms with Crippen LogP contribution in [-0.4, -0.2) is 24.5 Å². The van der Waals surface area contributed by atoms with Gasteiger partial charge in [0.25, 0.3) is 0 Å². The summed E-state index contributed by atoms with van der Waals surface area (Å²) in [5.41, 5.74) is 0. The van der Waals surface area contributed by atoms with E-state index in [2.05, 4.69) is 25.7 Å².